The minimum absolute atomic E-state index is 0.00503. The Kier molecular flexibility index (Phi) is 4.56. The van der Waals surface area contributed by atoms with Crippen LogP contribution in [0, 0.1) is 0 Å². The maximum atomic E-state index is 15.5. The molecule has 2 atom stereocenters. The van der Waals surface area contributed by atoms with Gasteiger partial charge in [0, 0.05) is 37.3 Å². The molecule has 1 saturated carbocycles. The van der Waals surface area contributed by atoms with E-state index in [9.17, 15) is 8.42 Å². The van der Waals surface area contributed by atoms with Gasteiger partial charge in [-0.05, 0) is 31.0 Å². The predicted octanol–water partition coefficient (Wildman–Crippen LogP) is 2.32. The van der Waals surface area contributed by atoms with Crippen LogP contribution in [0.1, 0.15) is 30.9 Å². The first-order chi connectivity index (χ1) is 14.0. The molecule has 0 bridgehead atoms. The minimum atomic E-state index is -3.85. The lowest BCUT2D eigenvalue weighted by atomic mass is 9.99. The number of halogens is 1. The number of rotatable bonds is 4. The zero-order valence-corrected chi connectivity index (χ0v) is 16.8. The lowest BCUT2D eigenvalue weighted by Gasteiger charge is -2.45. The second-order valence-corrected chi connectivity index (χ2v) is 9.67. The molecular formula is C20H23FN4O3S. The van der Waals surface area contributed by atoms with Crippen LogP contribution in [0.15, 0.2) is 47.5 Å². The molecule has 0 N–H and O–H groups in total. The molecule has 154 valence electrons. The molecule has 9 heteroatoms. The third-order valence-electron chi connectivity index (χ3n) is 5.95. The highest BCUT2D eigenvalue weighted by Gasteiger charge is 2.57. The fourth-order valence-electron chi connectivity index (χ4n) is 4.23. The van der Waals surface area contributed by atoms with E-state index in [1.807, 2.05) is 6.07 Å². The van der Waals surface area contributed by atoms with Crippen molar-refractivity contribution in [1.29, 1.82) is 0 Å². The molecule has 7 nitrogen and oxygen atoms in total. The van der Waals surface area contributed by atoms with E-state index >= 15 is 4.39 Å². The van der Waals surface area contributed by atoms with Crippen LogP contribution >= 0.6 is 0 Å². The molecule has 2 aliphatic heterocycles. The largest absolute Gasteiger partial charge is 0.355 e. The van der Waals surface area contributed by atoms with Gasteiger partial charge in [0.05, 0.1) is 18.0 Å². The van der Waals surface area contributed by atoms with Crippen LogP contribution in [0.5, 0.6) is 0 Å². The van der Waals surface area contributed by atoms with Crippen molar-refractivity contribution in [3.8, 4) is 0 Å². The third kappa shape index (κ3) is 3.21. The number of sulfonamides is 1. The van der Waals surface area contributed by atoms with Gasteiger partial charge >= 0.3 is 0 Å². The minimum Gasteiger partial charge on any atom is -0.355 e. The number of anilines is 1. The maximum absolute atomic E-state index is 15.5. The summed E-state index contributed by atoms with van der Waals surface area (Å²) >= 11 is 0. The van der Waals surface area contributed by atoms with E-state index in [2.05, 4.69) is 9.97 Å². The summed E-state index contributed by atoms with van der Waals surface area (Å²) in [5.74, 6) is 0.987. The quantitative estimate of drug-likeness (QED) is 0.759. The van der Waals surface area contributed by atoms with E-state index in [1.165, 1.54) is 16.4 Å². The average molecular weight is 418 g/mol. The number of hydrogen-bond donors (Lipinski definition) is 0. The van der Waals surface area contributed by atoms with Crippen molar-refractivity contribution < 1.29 is 17.5 Å². The topological polar surface area (TPSA) is 75.6 Å². The standard InChI is InChI=1S/C20H23FN4O3S/c21-18-14-24(19-22-10-8-17(23-19)15-6-7-15)11-9-20(18)25(12-13-28-20)29(26,27)16-4-2-1-3-5-16/h1-5,8,10,15,18H,6-7,9,11-14H2. The Morgan fingerprint density at radius 1 is 1.14 bits per heavy atom. The van der Waals surface area contributed by atoms with Crippen LogP contribution in [0.2, 0.25) is 0 Å². The van der Waals surface area contributed by atoms with Crippen molar-refractivity contribution in [3.63, 3.8) is 0 Å². The molecule has 1 aliphatic carbocycles. The van der Waals surface area contributed by atoms with Crippen LogP contribution < -0.4 is 4.90 Å². The molecule has 1 aromatic carbocycles. The second-order valence-electron chi connectivity index (χ2n) is 7.80. The van der Waals surface area contributed by atoms with Gasteiger partial charge in [-0.2, -0.15) is 4.31 Å². The molecule has 2 aromatic rings. The molecule has 5 rings (SSSR count). The summed E-state index contributed by atoms with van der Waals surface area (Å²) in [6, 6.07) is 10.0. The number of aromatic nitrogens is 2. The molecule has 0 amide bonds. The SMILES string of the molecule is O=S(=O)(c1ccccc1)N1CCOC12CCN(c1nccc(C3CC3)n1)CC2F. The monoisotopic (exact) mass is 418 g/mol. The van der Waals surface area contributed by atoms with Gasteiger partial charge in [-0.3, -0.25) is 0 Å². The zero-order chi connectivity index (χ0) is 20.1. The van der Waals surface area contributed by atoms with Crippen molar-refractivity contribution in [2.24, 2.45) is 0 Å². The highest BCUT2D eigenvalue weighted by molar-refractivity contribution is 7.89. The number of piperidine rings is 1. The van der Waals surface area contributed by atoms with Crippen LogP contribution in [0.25, 0.3) is 0 Å². The summed E-state index contributed by atoms with van der Waals surface area (Å²) < 4.78 is 48.8. The Labute approximate surface area is 169 Å². The van der Waals surface area contributed by atoms with Crippen molar-refractivity contribution >= 4 is 16.0 Å². The molecular weight excluding hydrogens is 395 g/mol. The number of alkyl halides is 1. The van der Waals surface area contributed by atoms with Crippen molar-refractivity contribution in [1.82, 2.24) is 14.3 Å². The normalized spacial score (nSPS) is 28.2. The number of nitrogens with zero attached hydrogens (tertiary/aromatic N) is 4. The molecule has 29 heavy (non-hydrogen) atoms. The number of ether oxygens (including phenoxy) is 1. The summed E-state index contributed by atoms with van der Waals surface area (Å²) in [6.45, 7) is 0.746. The fraction of sp³-hybridized carbons (Fsp3) is 0.500. The van der Waals surface area contributed by atoms with Crippen LogP contribution in [-0.2, 0) is 14.8 Å². The van der Waals surface area contributed by atoms with E-state index in [-0.39, 0.29) is 31.0 Å². The lowest BCUT2D eigenvalue weighted by molar-refractivity contribution is -0.116. The van der Waals surface area contributed by atoms with E-state index in [1.54, 1.807) is 29.3 Å². The van der Waals surface area contributed by atoms with Gasteiger partial charge in [0.2, 0.25) is 16.0 Å². The van der Waals surface area contributed by atoms with Gasteiger partial charge in [-0.25, -0.2) is 22.8 Å². The molecule has 1 spiro atoms. The van der Waals surface area contributed by atoms with Gasteiger partial charge in [0.15, 0.2) is 11.9 Å². The van der Waals surface area contributed by atoms with E-state index < -0.39 is 21.9 Å². The van der Waals surface area contributed by atoms with Gasteiger partial charge in [0.25, 0.3) is 0 Å². The Bertz CT molecular complexity index is 1000. The zero-order valence-electron chi connectivity index (χ0n) is 15.9. The average Bonchev–Trinajstić information content (AvgIpc) is 3.51. The lowest BCUT2D eigenvalue weighted by Crippen LogP contribution is -2.62. The summed E-state index contributed by atoms with van der Waals surface area (Å²) in [4.78, 5) is 10.9. The van der Waals surface area contributed by atoms with Crippen LogP contribution in [0.3, 0.4) is 0 Å². The highest BCUT2D eigenvalue weighted by Crippen LogP contribution is 2.41. The summed E-state index contributed by atoms with van der Waals surface area (Å²) in [6.07, 6.45) is 2.69. The van der Waals surface area contributed by atoms with Gasteiger partial charge < -0.3 is 9.64 Å². The van der Waals surface area contributed by atoms with Gasteiger partial charge in [0.1, 0.15) is 0 Å². The Balaban J connectivity index is 1.40. The van der Waals surface area contributed by atoms with Crippen molar-refractivity contribution in [2.45, 2.75) is 42.0 Å². The van der Waals surface area contributed by atoms with E-state index in [0.717, 1.165) is 18.5 Å². The molecule has 3 heterocycles. The van der Waals surface area contributed by atoms with Crippen LogP contribution in [0.4, 0.5) is 10.3 Å². The fourth-order valence-corrected chi connectivity index (χ4v) is 5.97. The molecule has 2 saturated heterocycles. The molecule has 3 fully saturated rings. The molecule has 0 radical (unpaired) electrons. The maximum Gasteiger partial charge on any atom is 0.245 e. The Morgan fingerprint density at radius 2 is 1.93 bits per heavy atom. The van der Waals surface area contributed by atoms with Gasteiger partial charge in [-0.1, -0.05) is 18.2 Å². The Hall–Kier alpha value is -2.10. The molecule has 1 aromatic heterocycles. The summed E-state index contributed by atoms with van der Waals surface area (Å²) in [7, 11) is -3.85. The smallest absolute Gasteiger partial charge is 0.245 e. The van der Waals surface area contributed by atoms with Crippen LogP contribution in [-0.4, -0.2) is 60.8 Å². The Morgan fingerprint density at radius 3 is 2.66 bits per heavy atom. The first kappa shape index (κ1) is 18.9. The first-order valence-corrected chi connectivity index (χ1v) is 11.4. The first-order valence-electron chi connectivity index (χ1n) is 9.94. The predicted molar refractivity (Wildman–Crippen MR) is 105 cm³/mol. The number of hydrogen-bond acceptors (Lipinski definition) is 6. The van der Waals surface area contributed by atoms with Gasteiger partial charge in [-0.15, -0.1) is 0 Å². The second kappa shape index (κ2) is 7.00. The summed E-state index contributed by atoms with van der Waals surface area (Å²) in [5.41, 5.74) is -0.477. The van der Waals surface area contributed by atoms with Crippen molar-refractivity contribution in [2.75, 3.05) is 31.1 Å². The van der Waals surface area contributed by atoms with E-state index in [0.29, 0.717) is 18.4 Å². The molecule has 2 unspecified atom stereocenters. The summed E-state index contributed by atoms with van der Waals surface area (Å²) in [5, 5.41) is 0. The number of benzene rings is 1. The van der Waals surface area contributed by atoms with E-state index in [4.69, 9.17) is 4.74 Å². The third-order valence-corrected chi connectivity index (χ3v) is 7.89. The highest BCUT2D eigenvalue weighted by atomic mass is 32.2. The molecule has 3 aliphatic rings. The van der Waals surface area contributed by atoms with Crippen molar-refractivity contribution in [3.05, 3.63) is 48.3 Å².